The van der Waals surface area contributed by atoms with Gasteiger partial charge in [0.2, 0.25) is 5.60 Å². The van der Waals surface area contributed by atoms with E-state index < -0.39 is 11.7 Å². The molecule has 0 aromatic heterocycles. The van der Waals surface area contributed by atoms with E-state index in [4.69, 9.17) is 4.74 Å². The summed E-state index contributed by atoms with van der Waals surface area (Å²) in [5.41, 5.74) is 2.74. The lowest BCUT2D eigenvalue weighted by molar-refractivity contribution is -0.136. The van der Waals surface area contributed by atoms with Crippen LogP contribution in [0.3, 0.4) is 0 Å². The number of hydrogen-bond donors (Lipinski definition) is 1. The van der Waals surface area contributed by atoms with Gasteiger partial charge in [0.15, 0.2) is 0 Å². The number of aryl methyl sites for hydroxylation is 1. The number of nitrogens with one attached hydrogen (secondary N) is 1. The van der Waals surface area contributed by atoms with Gasteiger partial charge in [0.1, 0.15) is 0 Å². The Balaban J connectivity index is 1.85. The normalized spacial score (nSPS) is 16.7. The molecule has 3 amide bonds. The Morgan fingerprint density at radius 3 is 2.32 bits per heavy atom. The Kier molecular flexibility index (Phi) is 7.96. The second kappa shape index (κ2) is 11.3. The molecule has 0 radical (unpaired) electrons. The summed E-state index contributed by atoms with van der Waals surface area (Å²) in [6.45, 7) is 4.46. The van der Waals surface area contributed by atoms with E-state index in [1.54, 1.807) is 49.5 Å². The van der Waals surface area contributed by atoms with Gasteiger partial charge in [-0.3, -0.25) is 9.59 Å². The molecule has 1 atom stereocenters. The van der Waals surface area contributed by atoms with Gasteiger partial charge in [0, 0.05) is 44.4 Å². The smallest absolute Gasteiger partial charge is 0.410 e. The van der Waals surface area contributed by atoms with Crippen molar-refractivity contribution in [1.29, 1.82) is 0 Å². The van der Waals surface area contributed by atoms with Crippen molar-refractivity contribution in [2.75, 3.05) is 25.5 Å². The lowest BCUT2D eigenvalue weighted by atomic mass is 9.84. The van der Waals surface area contributed by atoms with Gasteiger partial charge in [-0.25, -0.2) is 4.79 Å². The largest absolute Gasteiger partial charge is 0.427 e. The zero-order valence-electron chi connectivity index (χ0n) is 22.2. The number of anilines is 1. The molecule has 1 N–H and O–H groups in total. The molecule has 1 aliphatic rings. The Hall–Kier alpha value is -4.39. The average molecular weight is 512 g/mol. The van der Waals surface area contributed by atoms with Crippen molar-refractivity contribution in [2.24, 2.45) is 0 Å². The molecule has 38 heavy (non-hydrogen) atoms. The van der Waals surface area contributed by atoms with E-state index in [-0.39, 0.29) is 18.2 Å². The second-order valence-electron chi connectivity index (χ2n) is 9.56. The fraction of sp³-hybridized carbons (Fsp3) is 0.258. The first-order chi connectivity index (χ1) is 18.3. The van der Waals surface area contributed by atoms with Crippen molar-refractivity contribution >= 4 is 29.2 Å². The lowest BCUT2D eigenvalue weighted by Crippen LogP contribution is -2.46. The van der Waals surface area contributed by atoms with Crippen molar-refractivity contribution in [3.05, 3.63) is 107 Å². The highest BCUT2D eigenvalue weighted by molar-refractivity contribution is 6.09. The van der Waals surface area contributed by atoms with E-state index in [0.29, 0.717) is 23.2 Å². The summed E-state index contributed by atoms with van der Waals surface area (Å²) in [7, 11) is 3.17. The number of rotatable bonds is 8. The Bertz CT molecular complexity index is 1370. The number of para-hydroxylation sites is 1. The van der Waals surface area contributed by atoms with Crippen LogP contribution in [-0.4, -0.2) is 43.4 Å². The molecule has 3 aromatic carbocycles. The summed E-state index contributed by atoms with van der Waals surface area (Å²) in [6.07, 6.45) is 1.79. The first-order valence-corrected chi connectivity index (χ1v) is 12.7. The predicted molar refractivity (Wildman–Crippen MR) is 149 cm³/mol. The summed E-state index contributed by atoms with van der Waals surface area (Å²) in [5.74, 6) is -0.577. The van der Waals surface area contributed by atoms with Crippen LogP contribution in [0.15, 0.2) is 85.1 Å². The number of carbonyl (C=O) groups excluding carboxylic acids is 3. The van der Waals surface area contributed by atoms with Crippen LogP contribution < -0.4 is 10.2 Å². The molecule has 0 aliphatic carbocycles. The average Bonchev–Trinajstić information content (AvgIpc) is 3.14. The molecule has 196 valence electrons. The molecule has 7 heteroatoms. The maximum Gasteiger partial charge on any atom is 0.410 e. The number of ether oxygens (including phenoxy) is 1. The van der Waals surface area contributed by atoms with Crippen LogP contribution in [0.25, 0.3) is 5.57 Å². The number of carbonyl (C=O) groups is 3. The van der Waals surface area contributed by atoms with Crippen LogP contribution in [0.5, 0.6) is 0 Å². The molecule has 1 heterocycles. The maximum atomic E-state index is 14.2. The van der Waals surface area contributed by atoms with E-state index in [2.05, 4.69) is 5.32 Å². The van der Waals surface area contributed by atoms with Crippen LogP contribution in [-0.2, 0) is 15.1 Å². The number of fused-ring (bicyclic) bond motifs is 1. The van der Waals surface area contributed by atoms with E-state index in [1.807, 2.05) is 68.4 Å². The summed E-state index contributed by atoms with van der Waals surface area (Å²) in [5, 5.41) is 2.89. The van der Waals surface area contributed by atoms with Crippen LogP contribution in [0.1, 0.15) is 46.8 Å². The van der Waals surface area contributed by atoms with Gasteiger partial charge >= 0.3 is 6.09 Å². The standard InChI is InChI=1S/C31H33N3O4/c1-5-19-34-27-18-12-11-17-26(27)31(29(34)36,38-30(37)33(3)4)20-24(25-16-10-9-13-22(25)2)21-32-28(35)23-14-7-6-8-15-23/h6-18,21H,5,19-20H2,1-4H3,(H,32,35)/b24-21-. The van der Waals surface area contributed by atoms with Crippen LogP contribution in [0, 0.1) is 6.92 Å². The van der Waals surface area contributed by atoms with Gasteiger partial charge in [-0.15, -0.1) is 0 Å². The van der Waals surface area contributed by atoms with Crippen molar-refractivity contribution < 1.29 is 19.1 Å². The molecule has 1 aliphatic heterocycles. The summed E-state index contributed by atoms with van der Waals surface area (Å²) in [6, 6.07) is 24.1. The molecule has 0 spiro atoms. The molecule has 3 aromatic rings. The topological polar surface area (TPSA) is 79.0 Å². The first-order valence-electron chi connectivity index (χ1n) is 12.7. The van der Waals surface area contributed by atoms with Gasteiger partial charge in [0.05, 0.1) is 5.69 Å². The van der Waals surface area contributed by atoms with Gasteiger partial charge in [-0.05, 0) is 48.2 Å². The Labute approximate surface area is 223 Å². The van der Waals surface area contributed by atoms with Crippen LogP contribution in [0.2, 0.25) is 0 Å². The van der Waals surface area contributed by atoms with Crippen LogP contribution in [0.4, 0.5) is 10.5 Å². The second-order valence-corrected chi connectivity index (χ2v) is 9.56. The Morgan fingerprint density at radius 1 is 0.974 bits per heavy atom. The molecule has 7 nitrogen and oxygen atoms in total. The zero-order chi connectivity index (χ0) is 27.3. The van der Waals surface area contributed by atoms with Crippen molar-refractivity contribution in [2.45, 2.75) is 32.3 Å². The molecule has 1 unspecified atom stereocenters. The lowest BCUT2D eigenvalue weighted by Gasteiger charge is -2.31. The van der Waals surface area contributed by atoms with E-state index in [0.717, 1.165) is 23.2 Å². The molecule has 0 fully saturated rings. The molecule has 0 saturated carbocycles. The SMILES string of the molecule is CCCN1C(=O)C(C/C(=C/NC(=O)c2ccccc2)c2ccccc2C)(OC(=O)N(C)C)c2ccccc21. The molecule has 4 rings (SSSR count). The number of hydrogen-bond acceptors (Lipinski definition) is 4. The quantitative estimate of drug-likeness (QED) is 0.433. The molecular formula is C31H33N3O4. The fourth-order valence-electron chi connectivity index (χ4n) is 4.74. The molecular weight excluding hydrogens is 478 g/mol. The third-order valence-electron chi connectivity index (χ3n) is 6.64. The van der Waals surface area contributed by atoms with E-state index in [9.17, 15) is 14.4 Å². The fourth-order valence-corrected chi connectivity index (χ4v) is 4.74. The van der Waals surface area contributed by atoms with Gasteiger partial charge < -0.3 is 19.9 Å². The summed E-state index contributed by atoms with van der Waals surface area (Å²) in [4.78, 5) is 43.1. The zero-order valence-corrected chi connectivity index (χ0v) is 22.2. The third kappa shape index (κ3) is 5.18. The van der Waals surface area contributed by atoms with Crippen LogP contribution >= 0.6 is 0 Å². The minimum atomic E-state index is -1.60. The highest BCUT2D eigenvalue weighted by Crippen LogP contribution is 2.48. The highest BCUT2D eigenvalue weighted by Gasteiger charge is 2.54. The van der Waals surface area contributed by atoms with E-state index >= 15 is 0 Å². The minimum absolute atomic E-state index is 0.0442. The van der Waals surface area contributed by atoms with Crippen molar-refractivity contribution in [3.8, 4) is 0 Å². The van der Waals surface area contributed by atoms with Gasteiger partial charge in [-0.1, -0.05) is 67.6 Å². The number of nitrogens with zero attached hydrogens (tertiary/aromatic N) is 2. The van der Waals surface area contributed by atoms with Gasteiger partial charge in [-0.2, -0.15) is 0 Å². The number of benzene rings is 3. The summed E-state index contributed by atoms with van der Waals surface area (Å²) < 4.78 is 6.10. The third-order valence-corrected chi connectivity index (χ3v) is 6.64. The van der Waals surface area contributed by atoms with Crippen molar-refractivity contribution in [3.63, 3.8) is 0 Å². The first kappa shape index (κ1) is 26.7. The highest BCUT2D eigenvalue weighted by atomic mass is 16.6. The minimum Gasteiger partial charge on any atom is -0.427 e. The predicted octanol–water partition coefficient (Wildman–Crippen LogP) is 5.51. The summed E-state index contributed by atoms with van der Waals surface area (Å²) >= 11 is 0. The monoisotopic (exact) mass is 511 g/mol. The maximum absolute atomic E-state index is 14.2. The Morgan fingerprint density at radius 2 is 1.63 bits per heavy atom. The number of amides is 3. The van der Waals surface area contributed by atoms with Gasteiger partial charge in [0.25, 0.3) is 11.8 Å². The van der Waals surface area contributed by atoms with E-state index in [1.165, 1.54) is 4.90 Å². The molecule has 0 bridgehead atoms. The molecule has 0 saturated heterocycles. The van der Waals surface area contributed by atoms with Crippen molar-refractivity contribution in [1.82, 2.24) is 10.2 Å².